The topological polar surface area (TPSA) is 77.9 Å². The van der Waals surface area contributed by atoms with E-state index < -0.39 is 5.97 Å². The number of methoxy groups -OCH3 is 1. The molecule has 2 aromatic carbocycles. The summed E-state index contributed by atoms with van der Waals surface area (Å²) < 4.78 is 10.5. The van der Waals surface area contributed by atoms with Crippen molar-refractivity contribution in [2.45, 2.75) is 0 Å². The summed E-state index contributed by atoms with van der Waals surface area (Å²) >= 11 is 0. The van der Waals surface area contributed by atoms with Gasteiger partial charge in [0.2, 0.25) is 6.08 Å². The Morgan fingerprint density at radius 1 is 1.12 bits per heavy atom. The van der Waals surface area contributed by atoms with Gasteiger partial charge in [0.25, 0.3) is 0 Å². The fraction of sp³-hybridized carbons (Fsp3) is 0.0556. The van der Waals surface area contributed by atoms with Crippen LogP contribution >= 0.6 is 0 Å². The molecule has 6 nitrogen and oxygen atoms in total. The molecule has 0 aliphatic heterocycles. The van der Waals surface area contributed by atoms with Gasteiger partial charge in [-0.15, -0.1) is 0 Å². The molecule has 1 aromatic heterocycles. The molecule has 0 unspecified atom stereocenters. The molecule has 0 N–H and O–H groups in total. The van der Waals surface area contributed by atoms with Gasteiger partial charge in [-0.2, -0.15) is 4.99 Å². The predicted molar refractivity (Wildman–Crippen MR) is 87.4 cm³/mol. The van der Waals surface area contributed by atoms with Crippen LogP contribution in [0.5, 0.6) is 11.5 Å². The number of esters is 1. The Hall–Kier alpha value is -3.50. The van der Waals surface area contributed by atoms with Crippen LogP contribution in [0.15, 0.2) is 59.7 Å². The minimum atomic E-state index is -0.541. The largest absolute Gasteiger partial charge is 0.464 e. The van der Waals surface area contributed by atoms with Crippen molar-refractivity contribution in [3.8, 4) is 11.5 Å². The van der Waals surface area contributed by atoms with E-state index in [1.807, 2.05) is 24.3 Å². The number of carbonyl (C=O) groups is 1. The molecule has 3 rings (SSSR count). The Labute approximate surface area is 137 Å². The van der Waals surface area contributed by atoms with Gasteiger partial charge in [0.1, 0.15) is 11.5 Å². The number of rotatable bonds is 4. The summed E-state index contributed by atoms with van der Waals surface area (Å²) in [6, 6.07) is 13.9. The molecule has 0 atom stereocenters. The fourth-order valence-corrected chi connectivity index (χ4v) is 2.31. The van der Waals surface area contributed by atoms with Crippen LogP contribution in [0.4, 0.5) is 5.69 Å². The lowest BCUT2D eigenvalue weighted by molar-refractivity contribution is 0.0593. The van der Waals surface area contributed by atoms with E-state index in [2.05, 4.69) is 14.7 Å². The van der Waals surface area contributed by atoms with E-state index >= 15 is 0 Å². The van der Waals surface area contributed by atoms with E-state index in [0.29, 0.717) is 17.2 Å². The van der Waals surface area contributed by atoms with Gasteiger partial charge >= 0.3 is 5.97 Å². The first kappa shape index (κ1) is 15.4. The molecular formula is C18H12N2O4. The highest BCUT2D eigenvalue weighted by Gasteiger charge is 2.11. The molecule has 0 saturated heterocycles. The molecule has 0 bridgehead atoms. The molecule has 0 aliphatic carbocycles. The van der Waals surface area contributed by atoms with Crippen LogP contribution in [0.3, 0.4) is 0 Å². The Bertz CT molecular complexity index is 962. The highest BCUT2D eigenvalue weighted by molar-refractivity contribution is 5.97. The third-order valence-corrected chi connectivity index (χ3v) is 3.38. The Morgan fingerprint density at radius 3 is 2.67 bits per heavy atom. The van der Waals surface area contributed by atoms with Crippen LogP contribution in [0.2, 0.25) is 0 Å². The van der Waals surface area contributed by atoms with Gasteiger partial charge in [0.05, 0.1) is 12.8 Å². The van der Waals surface area contributed by atoms with Crippen molar-refractivity contribution in [2.24, 2.45) is 4.99 Å². The third kappa shape index (κ3) is 2.99. The number of nitrogens with zero attached hydrogens (tertiary/aromatic N) is 2. The van der Waals surface area contributed by atoms with Crippen molar-refractivity contribution in [3.63, 3.8) is 0 Å². The number of fused-ring (bicyclic) bond motifs is 1. The second-order valence-electron chi connectivity index (χ2n) is 4.80. The normalized spacial score (nSPS) is 10.0. The van der Waals surface area contributed by atoms with Crippen molar-refractivity contribution in [1.82, 2.24) is 4.98 Å². The summed E-state index contributed by atoms with van der Waals surface area (Å²) in [6.45, 7) is 0. The Balaban J connectivity index is 2.04. The summed E-state index contributed by atoms with van der Waals surface area (Å²) in [5, 5.41) is 1.55. The Kier molecular flexibility index (Phi) is 4.32. The van der Waals surface area contributed by atoms with Crippen LogP contribution < -0.4 is 4.74 Å². The van der Waals surface area contributed by atoms with Crippen molar-refractivity contribution in [2.75, 3.05) is 7.11 Å². The van der Waals surface area contributed by atoms with E-state index in [-0.39, 0.29) is 5.69 Å². The summed E-state index contributed by atoms with van der Waals surface area (Å²) in [7, 11) is 1.29. The molecule has 3 aromatic rings. The first-order valence-electron chi connectivity index (χ1n) is 7.05. The standard InChI is InChI=1S/C18H12N2O4/c1-23-18(22)16-10-12(8-9-19-16)24-17-7-6-15(20-11-21)13-4-2-3-5-14(13)17/h2-10H,1H3. The molecule has 1 heterocycles. The van der Waals surface area contributed by atoms with Crippen LogP contribution in [0.25, 0.3) is 10.8 Å². The summed E-state index contributed by atoms with van der Waals surface area (Å²) in [4.78, 5) is 29.7. The van der Waals surface area contributed by atoms with E-state index in [9.17, 15) is 9.59 Å². The SMILES string of the molecule is COC(=O)c1cc(Oc2ccc(N=C=O)c3ccccc23)ccn1. The molecule has 0 saturated carbocycles. The van der Waals surface area contributed by atoms with Gasteiger partial charge in [0.15, 0.2) is 5.69 Å². The van der Waals surface area contributed by atoms with Gasteiger partial charge in [-0.25, -0.2) is 14.6 Å². The highest BCUT2D eigenvalue weighted by Crippen LogP contribution is 2.35. The zero-order valence-electron chi connectivity index (χ0n) is 12.7. The van der Waals surface area contributed by atoms with Crippen molar-refractivity contribution < 1.29 is 19.1 Å². The lowest BCUT2D eigenvalue weighted by atomic mass is 10.1. The highest BCUT2D eigenvalue weighted by atomic mass is 16.5. The van der Waals surface area contributed by atoms with Crippen LogP contribution in [-0.4, -0.2) is 24.1 Å². The molecule has 0 aliphatic rings. The third-order valence-electron chi connectivity index (χ3n) is 3.38. The molecule has 118 valence electrons. The first-order valence-corrected chi connectivity index (χ1v) is 7.05. The van der Waals surface area contributed by atoms with Crippen LogP contribution in [0, 0.1) is 0 Å². The number of hydrogen-bond donors (Lipinski definition) is 0. The van der Waals surface area contributed by atoms with Crippen LogP contribution in [0.1, 0.15) is 10.5 Å². The quantitative estimate of drug-likeness (QED) is 0.415. The molecule has 6 heteroatoms. The van der Waals surface area contributed by atoms with E-state index in [1.54, 1.807) is 24.3 Å². The van der Waals surface area contributed by atoms with Gasteiger partial charge in [-0.05, 0) is 18.2 Å². The van der Waals surface area contributed by atoms with E-state index in [1.165, 1.54) is 19.4 Å². The number of isocyanates is 1. The number of aromatic nitrogens is 1. The lowest BCUT2D eigenvalue weighted by Gasteiger charge is -2.10. The average Bonchev–Trinajstić information content (AvgIpc) is 2.63. The minimum Gasteiger partial charge on any atom is -0.464 e. The summed E-state index contributed by atoms with van der Waals surface area (Å²) in [5.74, 6) is 0.473. The van der Waals surface area contributed by atoms with Crippen molar-refractivity contribution in [1.29, 1.82) is 0 Å². The van der Waals surface area contributed by atoms with E-state index in [4.69, 9.17) is 4.74 Å². The maximum absolute atomic E-state index is 11.6. The predicted octanol–water partition coefficient (Wildman–Crippen LogP) is 3.78. The number of ether oxygens (including phenoxy) is 2. The second kappa shape index (κ2) is 6.73. The number of benzene rings is 2. The minimum absolute atomic E-state index is 0.154. The summed E-state index contributed by atoms with van der Waals surface area (Å²) in [6.07, 6.45) is 3.01. The van der Waals surface area contributed by atoms with Gasteiger partial charge < -0.3 is 9.47 Å². The fourth-order valence-electron chi connectivity index (χ4n) is 2.31. The maximum atomic E-state index is 11.6. The average molecular weight is 320 g/mol. The second-order valence-corrected chi connectivity index (χ2v) is 4.80. The zero-order chi connectivity index (χ0) is 16.9. The monoisotopic (exact) mass is 320 g/mol. The van der Waals surface area contributed by atoms with Gasteiger partial charge in [0, 0.05) is 23.0 Å². The lowest BCUT2D eigenvalue weighted by Crippen LogP contribution is -2.03. The number of aliphatic imine (C=N–C) groups is 1. The molecule has 0 fully saturated rings. The smallest absolute Gasteiger partial charge is 0.356 e. The number of pyridine rings is 1. The first-order chi connectivity index (χ1) is 11.7. The molecular weight excluding hydrogens is 308 g/mol. The Morgan fingerprint density at radius 2 is 1.92 bits per heavy atom. The molecule has 0 spiro atoms. The number of carbonyl (C=O) groups excluding carboxylic acids is 2. The van der Waals surface area contributed by atoms with Gasteiger partial charge in [-0.1, -0.05) is 24.3 Å². The molecule has 0 amide bonds. The van der Waals surface area contributed by atoms with Crippen molar-refractivity contribution >= 4 is 28.5 Å². The van der Waals surface area contributed by atoms with Crippen molar-refractivity contribution in [3.05, 3.63) is 60.4 Å². The number of hydrogen-bond acceptors (Lipinski definition) is 6. The molecule has 24 heavy (non-hydrogen) atoms. The van der Waals surface area contributed by atoms with E-state index in [0.717, 1.165) is 10.8 Å². The summed E-state index contributed by atoms with van der Waals surface area (Å²) in [5.41, 5.74) is 0.666. The maximum Gasteiger partial charge on any atom is 0.356 e. The molecule has 0 radical (unpaired) electrons. The van der Waals surface area contributed by atoms with Gasteiger partial charge in [-0.3, -0.25) is 0 Å². The zero-order valence-corrected chi connectivity index (χ0v) is 12.7. The van der Waals surface area contributed by atoms with Crippen LogP contribution in [-0.2, 0) is 9.53 Å².